The van der Waals surface area contributed by atoms with Crippen LogP contribution in [0.1, 0.15) is 31.2 Å². The number of rotatable bonds is 4. The van der Waals surface area contributed by atoms with Crippen LogP contribution >= 0.6 is 0 Å². The first-order valence-corrected chi connectivity index (χ1v) is 5.67. The van der Waals surface area contributed by atoms with Crippen molar-refractivity contribution in [2.45, 2.75) is 31.8 Å². The van der Waals surface area contributed by atoms with Gasteiger partial charge in [0.05, 0.1) is 12.3 Å². The fourth-order valence-corrected chi connectivity index (χ4v) is 1.96. The SMILES string of the molecule is CC(CC1=NOC(CO)C1)c1ccccc1. The average Bonchev–Trinajstić information content (AvgIpc) is 2.78. The van der Waals surface area contributed by atoms with Gasteiger partial charge in [0.25, 0.3) is 0 Å². The molecule has 86 valence electrons. The van der Waals surface area contributed by atoms with Crippen LogP contribution in [0, 0.1) is 0 Å². The molecule has 0 spiro atoms. The Hall–Kier alpha value is -1.35. The summed E-state index contributed by atoms with van der Waals surface area (Å²) in [4.78, 5) is 5.09. The number of benzene rings is 1. The maximum Gasteiger partial charge on any atom is 0.155 e. The van der Waals surface area contributed by atoms with Gasteiger partial charge in [-0.2, -0.15) is 0 Å². The average molecular weight is 219 g/mol. The predicted molar refractivity (Wildman–Crippen MR) is 63.5 cm³/mol. The van der Waals surface area contributed by atoms with E-state index in [4.69, 9.17) is 9.94 Å². The molecule has 0 aromatic heterocycles. The van der Waals surface area contributed by atoms with E-state index in [2.05, 4.69) is 36.3 Å². The minimum atomic E-state index is -0.127. The van der Waals surface area contributed by atoms with Crippen molar-refractivity contribution in [1.82, 2.24) is 0 Å². The molecule has 1 aromatic carbocycles. The maximum atomic E-state index is 8.94. The molecular formula is C13H17NO2. The molecule has 3 heteroatoms. The number of hydrogen-bond acceptors (Lipinski definition) is 3. The van der Waals surface area contributed by atoms with Crippen molar-refractivity contribution in [3.8, 4) is 0 Å². The van der Waals surface area contributed by atoms with Crippen molar-refractivity contribution in [2.75, 3.05) is 6.61 Å². The number of aliphatic hydroxyl groups is 1. The Bertz CT molecular complexity index is 361. The molecule has 2 unspecified atom stereocenters. The molecule has 3 nitrogen and oxygen atoms in total. The minimum absolute atomic E-state index is 0.0483. The lowest BCUT2D eigenvalue weighted by atomic mass is 9.94. The second kappa shape index (κ2) is 5.12. The number of oxime groups is 1. The fourth-order valence-electron chi connectivity index (χ4n) is 1.96. The van der Waals surface area contributed by atoms with Crippen molar-refractivity contribution >= 4 is 5.71 Å². The van der Waals surface area contributed by atoms with Gasteiger partial charge in [-0.1, -0.05) is 42.4 Å². The van der Waals surface area contributed by atoms with Crippen molar-refractivity contribution in [1.29, 1.82) is 0 Å². The summed E-state index contributed by atoms with van der Waals surface area (Å²) in [6.07, 6.45) is 1.53. The van der Waals surface area contributed by atoms with Crippen molar-refractivity contribution < 1.29 is 9.94 Å². The van der Waals surface area contributed by atoms with E-state index >= 15 is 0 Å². The zero-order valence-corrected chi connectivity index (χ0v) is 9.47. The first kappa shape index (κ1) is 11.1. The van der Waals surface area contributed by atoms with Gasteiger partial charge in [0.15, 0.2) is 6.10 Å². The molecule has 2 rings (SSSR count). The molecule has 0 radical (unpaired) electrons. The third-order valence-electron chi connectivity index (χ3n) is 2.91. The van der Waals surface area contributed by atoms with Gasteiger partial charge in [0, 0.05) is 6.42 Å². The van der Waals surface area contributed by atoms with Crippen LogP contribution in [0.2, 0.25) is 0 Å². The quantitative estimate of drug-likeness (QED) is 0.844. The Balaban J connectivity index is 1.91. The lowest BCUT2D eigenvalue weighted by Gasteiger charge is -2.10. The molecule has 0 bridgehead atoms. The summed E-state index contributed by atoms with van der Waals surface area (Å²) in [5, 5.41) is 12.9. The van der Waals surface area contributed by atoms with Crippen molar-refractivity contribution in [3.63, 3.8) is 0 Å². The first-order chi connectivity index (χ1) is 7.79. The standard InChI is InChI=1S/C13H17NO2/c1-10(11-5-3-2-4-6-11)7-12-8-13(9-15)16-14-12/h2-6,10,13,15H,7-9H2,1H3. The summed E-state index contributed by atoms with van der Waals surface area (Å²) in [7, 11) is 0. The Morgan fingerprint density at radius 1 is 1.44 bits per heavy atom. The molecule has 0 fully saturated rings. The molecule has 1 aliphatic heterocycles. The van der Waals surface area contributed by atoms with Crippen molar-refractivity contribution in [2.24, 2.45) is 5.16 Å². The number of aliphatic hydroxyl groups excluding tert-OH is 1. The Labute approximate surface area is 95.7 Å². The maximum absolute atomic E-state index is 8.94. The van der Waals surface area contributed by atoms with Gasteiger partial charge in [-0.15, -0.1) is 0 Å². The smallest absolute Gasteiger partial charge is 0.155 e. The van der Waals surface area contributed by atoms with E-state index in [1.54, 1.807) is 0 Å². The second-order valence-corrected chi connectivity index (χ2v) is 4.29. The van der Waals surface area contributed by atoms with Gasteiger partial charge in [0.1, 0.15) is 0 Å². The van der Waals surface area contributed by atoms with Gasteiger partial charge >= 0.3 is 0 Å². The molecule has 2 atom stereocenters. The predicted octanol–water partition coefficient (Wildman–Crippen LogP) is 2.32. The zero-order chi connectivity index (χ0) is 11.4. The van der Waals surface area contributed by atoms with Crippen LogP contribution in [0.15, 0.2) is 35.5 Å². The van der Waals surface area contributed by atoms with Gasteiger partial charge in [0.2, 0.25) is 0 Å². The highest BCUT2D eigenvalue weighted by Crippen LogP contribution is 2.23. The van der Waals surface area contributed by atoms with Crippen LogP contribution in [0.25, 0.3) is 0 Å². The summed E-state index contributed by atoms with van der Waals surface area (Å²) in [5.41, 5.74) is 2.37. The van der Waals surface area contributed by atoms with E-state index in [9.17, 15) is 0 Å². The Morgan fingerprint density at radius 2 is 2.19 bits per heavy atom. The summed E-state index contributed by atoms with van der Waals surface area (Å²) >= 11 is 0. The molecule has 0 amide bonds. The highest BCUT2D eigenvalue weighted by molar-refractivity contribution is 5.86. The fraction of sp³-hybridized carbons (Fsp3) is 0.462. The van der Waals surface area contributed by atoms with E-state index in [1.165, 1.54) is 5.56 Å². The summed E-state index contributed by atoms with van der Waals surface area (Å²) in [6.45, 7) is 2.23. The highest BCUT2D eigenvalue weighted by Gasteiger charge is 2.21. The van der Waals surface area contributed by atoms with Gasteiger partial charge in [-0.3, -0.25) is 0 Å². The van der Waals surface area contributed by atoms with Crippen LogP contribution in [0.3, 0.4) is 0 Å². The number of hydrogen-bond donors (Lipinski definition) is 1. The van der Waals surface area contributed by atoms with Gasteiger partial charge in [-0.25, -0.2) is 0 Å². The summed E-state index contributed by atoms with van der Waals surface area (Å²) in [5.74, 6) is 0.445. The lowest BCUT2D eigenvalue weighted by molar-refractivity contribution is 0.0390. The molecule has 1 heterocycles. The Morgan fingerprint density at radius 3 is 2.81 bits per heavy atom. The lowest BCUT2D eigenvalue weighted by Crippen LogP contribution is -2.13. The van der Waals surface area contributed by atoms with E-state index in [1.807, 2.05) is 6.07 Å². The molecule has 0 saturated heterocycles. The monoisotopic (exact) mass is 219 g/mol. The largest absolute Gasteiger partial charge is 0.392 e. The third kappa shape index (κ3) is 2.61. The van der Waals surface area contributed by atoms with E-state index < -0.39 is 0 Å². The molecule has 0 saturated carbocycles. The molecule has 16 heavy (non-hydrogen) atoms. The van der Waals surface area contributed by atoms with E-state index in [0.29, 0.717) is 5.92 Å². The highest BCUT2D eigenvalue weighted by atomic mass is 16.6. The van der Waals surface area contributed by atoms with Crippen LogP contribution in [0.5, 0.6) is 0 Å². The van der Waals surface area contributed by atoms with E-state index in [-0.39, 0.29) is 12.7 Å². The minimum Gasteiger partial charge on any atom is -0.392 e. The summed E-state index contributed by atoms with van der Waals surface area (Å²) in [6, 6.07) is 10.4. The third-order valence-corrected chi connectivity index (χ3v) is 2.91. The molecule has 1 N–H and O–H groups in total. The van der Waals surface area contributed by atoms with Crippen LogP contribution in [-0.4, -0.2) is 23.5 Å². The van der Waals surface area contributed by atoms with Crippen LogP contribution in [0.4, 0.5) is 0 Å². The molecular weight excluding hydrogens is 202 g/mol. The van der Waals surface area contributed by atoms with Crippen LogP contribution in [-0.2, 0) is 4.84 Å². The Kier molecular flexibility index (Phi) is 3.57. The zero-order valence-electron chi connectivity index (χ0n) is 9.47. The second-order valence-electron chi connectivity index (χ2n) is 4.29. The molecule has 1 aromatic rings. The van der Waals surface area contributed by atoms with Crippen LogP contribution < -0.4 is 0 Å². The topological polar surface area (TPSA) is 41.8 Å². The number of nitrogens with zero attached hydrogens (tertiary/aromatic N) is 1. The first-order valence-electron chi connectivity index (χ1n) is 5.67. The molecule has 0 aliphatic carbocycles. The molecule has 1 aliphatic rings. The van der Waals surface area contributed by atoms with E-state index in [0.717, 1.165) is 18.6 Å². The van der Waals surface area contributed by atoms with Gasteiger partial charge in [-0.05, 0) is 17.9 Å². The van der Waals surface area contributed by atoms with Crippen molar-refractivity contribution in [3.05, 3.63) is 35.9 Å². The summed E-state index contributed by atoms with van der Waals surface area (Å²) < 4.78 is 0. The normalized spacial score (nSPS) is 21.4. The van der Waals surface area contributed by atoms with Gasteiger partial charge < -0.3 is 9.94 Å².